The lowest BCUT2D eigenvalue weighted by Crippen LogP contribution is -1.96. The van der Waals surface area contributed by atoms with Gasteiger partial charge in [-0.2, -0.15) is 0 Å². The molecule has 0 atom stereocenters. The minimum Gasteiger partial charge on any atom is -0.391 e. The van der Waals surface area contributed by atoms with E-state index in [1.807, 2.05) is 32.0 Å². The van der Waals surface area contributed by atoms with E-state index in [4.69, 9.17) is 16.4 Å². The Hall–Kier alpha value is -1.28. The van der Waals surface area contributed by atoms with Crippen molar-refractivity contribution in [1.82, 2.24) is 0 Å². The highest BCUT2D eigenvalue weighted by atomic mass is 35.5. The van der Waals surface area contributed by atoms with Gasteiger partial charge in [0.05, 0.1) is 5.71 Å². The zero-order chi connectivity index (χ0) is 11.1. The molecule has 0 N–H and O–H groups in total. The van der Waals surface area contributed by atoms with Crippen LogP contribution in [0.1, 0.15) is 18.1 Å². The molecular weight excluding hydrogens is 210 g/mol. The van der Waals surface area contributed by atoms with Crippen LogP contribution in [0.25, 0.3) is 0 Å². The molecule has 0 unspecified atom stereocenters. The fourth-order valence-electron chi connectivity index (χ4n) is 1.14. The summed E-state index contributed by atoms with van der Waals surface area (Å²) in [5.74, 6) is 0. The highest BCUT2D eigenvalue weighted by molar-refractivity contribution is 6.25. The molecule has 1 rings (SSSR count). The van der Waals surface area contributed by atoms with Gasteiger partial charge in [-0.25, -0.2) is 0 Å². The third-order valence-corrected chi connectivity index (χ3v) is 2.08. The fourth-order valence-corrected chi connectivity index (χ4v) is 1.21. The molecule has 0 saturated carbocycles. The molecule has 3 heteroatoms. The molecule has 0 aliphatic carbocycles. The predicted molar refractivity (Wildman–Crippen MR) is 64.3 cm³/mol. The van der Waals surface area contributed by atoms with E-state index in [0.29, 0.717) is 6.61 Å². The van der Waals surface area contributed by atoms with Crippen LogP contribution < -0.4 is 0 Å². The summed E-state index contributed by atoms with van der Waals surface area (Å²) >= 11 is 5.35. The van der Waals surface area contributed by atoms with Crippen LogP contribution in [-0.2, 0) is 4.84 Å². The standard InChI is InChI=1S/C12H14ClNO/c1-10-5-3-6-12(9-10)11(2)14-15-8-4-7-13/h3-7,9H,8H2,1-2H3/b7-4?,14-11+. The van der Waals surface area contributed by atoms with Crippen molar-refractivity contribution in [2.75, 3.05) is 6.61 Å². The van der Waals surface area contributed by atoms with E-state index < -0.39 is 0 Å². The molecule has 0 aliphatic rings. The van der Waals surface area contributed by atoms with Crippen molar-refractivity contribution < 1.29 is 4.84 Å². The first kappa shape index (κ1) is 11.8. The van der Waals surface area contributed by atoms with E-state index >= 15 is 0 Å². The number of benzene rings is 1. The van der Waals surface area contributed by atoms with Crippen LogP contribution in [0.15, 0.2) is 41.0 Å². The average molecular weight is 224 g/mol. The van der Waals surface area contributed by atoms with Crippen molar-refractivity contribution in [1.29, 1.82) is 0 Å². The molecule has 0 saturated heterocycles. The Balaban J connectivity index is 2.63. The Bertz CT molecular complexity index is 372. The maximum absolute atomic E-state index is 5.35. The molecule has 0 amide bonds. The molecule has 2 nitrogen and oxygen atoms in total. The van der Waals surface area contributed by atoms with Crippen LogP contribution in [0, 0.1) is 6.92 Å². The maximum atomic E-state index is 5.35. The Morgan fingerprint density at radius 3 is 3.00 bits per heavy atom. The molecule has 1 aromatic rings. The zero-order valence-electron chi connectivity index (χ0n) is 8.90. The Morgan fingerprint density at radius 2 is 2.33 bits per heavy atom. The van der Waals surface area contributed by atoms with E-state index in [1.54, 1.807) is 6.08 Å². The van der Waals surface area contributed by atoms with E-state index in [0.717, 1.165) is 11.3 Å². The van der Waals surface area contributed by atoms with Crippen molar-refractivity contribution >= 4 is 17.3 Å². The second-order valence-corrected chi connectivity index (χ2v) is 3.46. The van der Waals surface area contributed by atoms with Gasteiger partial charge in [-0.15, -0.1) is 0 Å². The van der Waals surface area contributed by atoms with Gasteiger partial charge in [0.15, 0.2) is 0 Å². The van der Waals surface area contributed by atoms with Crippen LogP contribution in [-0.4, -0.2) is 12.3 Å². The second kappa shape index (κ2) is 6.25. The number of rotatable bonds is 4. The number of halogens is 1. The Labute approximate surface area is 95.2 Å². The lowest BCUT2D eigenvalue weighted by molar-refractivity contribution is 0.175. The van der Waals surface area contributed by atoms with Crippen molar-refractivity contribution in [3.8, 4) is 0 Å². The van der Waals surface area contributed by atoms with Crippen LogP contribution in [0.2, 0.25) is 0 Å². The maximum Gasteiger partial charge on any atom is 0.136 e. The number of hydrogen-bond donors (Lipinski definition) is 0. The van der Waals surface area contributed by atoms with Crippen molar-refractivity contribution in [2.24, 2.45) is 5.16 Å². The highest BCUT2D eigenvalue weighted by Crippen LogP contribution is 2.05. The summed E-state index contributed by atoms with van der Waals surface area (Å²) in [5.41, 5.74) is 4.56. The van der Waals surface area contributed by atoms with Gasteiger partial charge >= 0.3 is 0 Å². The third kappa shape index (κ3) is 4.17. The molecule has 0 fully saturated rings. The molecule has 0 radical (unpaired) electrons. The fraction of sp³-hybridized carbons (Fsp3) is 0.250. The first-order chi connectivity index (χ1) is 7.24. The summed E-state index contributed by atoms with van der Waals surface area (Å²) in [4.78, 5) is 5.05. The van der Waals surface area contributed by atoms with Gasteiger partial charge < -0.3 is 4.84 Å². The summed E-state index contributed by atoms with van der Waals surface area (Å²) in [6.45, 7) is 4.36. The van der Waals surface area contributed by atoms with Gasteiger partial charge in [0.1, 0.15) is 6.61 Å². The summed E-state index contributed by atoms with van der Waals surface area (Å²) in [6, 6.07) is 8.13. The van der Waals surface area contributed by atoms with E-state index in [-0.39, 0.29) is 0 Å². The van der Waals surface area contributed by atoms with Gasteiger partial charge in [0, 0.05) is 5.54 Å². The zero-order valence-corrected chi connectivity index (χ0v) is 9.66. The molecule has 0 bridgehead atoms. The van der Waals surface area contributed by atoms with E-state index in [1.165, 1.54) is 11.1 Å². The molecule has 0 spiro atoms. The first-order valence-corrected chi connectivity index (χ1v) is 5.16. The van der Waals surface area contributed by atoms with Gasteiger partial charge in [-0.1, -0.05) is 46.6 Å². The lowest BCUT2D eigenvalue weighted by atomic mass is 10.1. The first-order valence-electron chi connectivity index (χ1n) is 4.73. The molecular formula is C12H14ClNO. The SMILES string of the molecule is C/C(=N\OCC=CCl)c1cccc(C)c1. The lowest BCUT2D eigenvalue weighted by Gasteiger charge is -2.01. The molecule has 15 heavy (non-hydrogen) atoms. The average Bonchev–Trinajstić information content (AvgIpc) is 2.24. The van der Waals surface area contributed by atoms with Crippen LogP contribution in [0.4, 0.5) is 0 Å². The Morgan fingerprint density at radius 1 is 1.53 bits per heavy atom. The summed E-state index contributed by atoms with van der Waals surface area (Å²) < 4.78 is 0. The molecule has 0 aliphatic heterocycles. The van der Waals surface area contributed by atoms with E-state index in [2.05, 4.69) is 11.2 Å². The van der Waals surface area contributed by atoms with Gasteiger partial charge in [0.2, 0.25) is 0 Å². The summed E-state index contributed by atoms with van der Waals surface area (Å²) in [6.07, 6.45) is 1.69. The third-order valence-electron chi connectivity index (χ3n) is 1.90. The van der Waals surface area contributed by atoms with Gasteiger partial charge in [0.25, 0.3) is 0 Å². The van der Waals surface area contributed by atoms with Crippen LogP contribution in [0.3, 0.4) is 0 Å². The monoisotopic (exact) mass is 223 g/mol. The topological polar surface area (TPSA) is 21.6 Å². The van der Waals surface area contributed by atoms with Crippen molar-refractivity contribution in [3.05, 3.63) is 47.0 Å². The van der Waals surface area contributed by atoms with Gasteiger partial charge in [-0.3, -0.25) is 0 Å². The quantitative estimate of drug-likeness (QED) is 0.435. The number of hydrogen-bond acceptors (Lipinski definition) is 2. The largest absolute Gasteiger partial charge is 0.391 e. The molecule has 80 valence electrons. The second-order valence-electron chi connectivity index (χ2n) is 3.20. The van der Waals surface area contributed by atoms with Crippen LogP contribution in [0.5, 0.6) is 0 Å². The summed E-state index contributed by atoms with van der Waals surface area (Å²) in [5, 5.41) is 3.98. The minimum atomic E-state index is 0.395. The Kier molecular flexibility index (Phi) is 4.91. The summed E-state index contributed by atoms with van der Waals surface area (Å²) in [7, 11) is 0. The molecule has 0 aromatic heterocycles. The van der Waals surface area contributed by atoms with Crippen LogP contribution >= 0.6 is 11.6 Å². The van der Waals surface area contributed by atoms with Crippen molar-refractivity contribution in [2.45, 2.75) is 13.8 Å². The number of oxime groups is 1. The van der Waals surface area contributed by atoms with E-state index in [9.17, 15) is 0 Å². The number of aryl methyl sites for hydroxylation is 1. The highest BCUT2D eigenvalue weighted by Gasteiger charge is 1.97. The minimum absolute atomic E-state index is 0.395. The molecule has 1 aromatic carbocycles. The normalized spacial score (nSPS) is 12.1. The predicted octanol–water partition coefficient (Wildman–Crippen LogP) is 3.49. The molecule has 0 heterocycles. The van der Waals surface area contributed by atoms with Gasteiger partial charge in [-0.05, 0) is 25.5 Å². The smallest absolute Gasteiger partial charge is 0.136 e. The van der Waals surface area contributed by atoms with Crippen molar-refractivity contribution in [3.63, 3.8) is 0 Å². The number of nitrogens with zero attached hydrogens (tertiary/aromatic N) is 1.